The van der Waals surface area contributed by atoms with E-state index >= 15 is 0 Å². The van der Waals surface area contributed by atoms with Crippen LogP contribution in [0, 0.1) is 0 Å². The Balaban J connectivity index is 3.09. The number of phosphoric ester groups is 1. The molecule has 0 aliphatic carbocycles. The third-order valence-corrected chi connectivity index (χ3v) is 5.59. The Labute approximate surface area is 121 Å². The van der Waals surface area contributed by atoms with E-state index in [4.69, 9.17) is 9.42 Å². The molecule has 0 fully saturated rings. The van der Waals surface area contributed by atoms with E-state index in [1.165, 1.54) is 57.8 Å². The number of hydrogen-bond donors (Lipinski definition) is 1. The zero-order valence-electron chi connectivity index (χ0n) is 12.6. The van der Waals surface area contributed by atoms with Crippen molar-refractivity contribution in [1.29, 1.82) is 0 Å². The summed E-state index contributed by atoms with van der Waals surface area (Å²) in [6.07, 6.45) is 13.8. The van der Waals surface area contributed by atoms with Crippen LogP contribution in [0.1, 0.15) is 77.6 Å². The quantitative estimate of drug-likeness (QED) is 0.302. The van der Waals surface area contributed by atoms with Crippen molar-refractivity contribution in [2.75, 3.05) is 6.61 Å². The molecule has 116 valence electrons. The van der Waals surface area contributed by atoms with E-state index in [1.807, 2.05) is 0 Å². The molecule has 0 bridgehead atoms. The second-order valence-electron chi connectivity index (χ2n) is 5.02. The zero-order valence-corrected chi connectivity index (χ0v) is 15.5. The average Bonchev–Trinajstić information content (AvgIpc) is 2.40. The van der Waals surface area contributed by atoms with Gasteiger partial charge in [0.15, 0.2) is 10.5 Å². The molecular formula is C13H31O4PSi. The van der Waals surface area contributed by atoms with Crippen LogP contribution < -0.4 is 0 Å². The van der Waals surface area contributed by atoms with Gasteiger partial charge in [0.05, 0.1) is 6.61 Å². The van der Waals surface area contributed by atoms with Crippen LogP contribution in [0.25, 0.3) is 0 Å². The van der Waals surface area contributed by atoms with Crippen molar-refractivity contribution in [1.82, 2.24) is 0 Å². The van der Waals surface area contributed by atoms with Gasteiger partial charge < -0.3 is 9.11 Å². The first-order valence-electron chi connectivity index (χ1n) is 7.65. The summed E-state index contributed by atoms with van der Waals surface area (Å²) >= 11 is 0. The lowest BCUT2D eigenvalue weighted by molar-refractivity contribution is 0.203. The van der Waals surface area contributed by atoms with Crippen molar-refractivity contribution in [2.45, 2.75) is 77.6 Å². The second kappa shape index (κ2) is 13.3. The number of unbranched alkanes of at least 4 members (excludes halogenated alkanes) is 10. The first kappa shape index (κ1) is 19.3. The lowest BCUT2D eigenvalue weighted by atomic mass is 10.1. The number of phosphoric acid groups is 1. The smallest absolute Gasteiger partial charge is 0.342 e. The Hall–Kier alpha value is 0.327. The highest BCUT2D eigenvalue weighted by Crippen LogP contribution is 2.41. The summed E-state index contributed by atoms with van der Waals surface area (Å²) in [7, 11) is -3.46. The first-order valence-corrected chi connectivity index (χ1v) is 9.96. The standard InChI is InChI=1S/C13H31O4PSi/c1-2-3-4-5-6-7-8-9-10-11-12-13-16-18(14,15)17-19/h2-13H2,1,19H3,(H,14,15). The van der Waals surface area contributed by atoms with Gasteiger partial charge in [0, 0.05) is 0 Å². The maximum absolute atomic E-state index is 11.0. The maximum atomic E-state index is 11.0. The molecule has 0 heterocycles. The minimum atomic E-state index is -3.69. The molecule has 0 aromatic carbocycles. The van der Waals surface area contributed by atoms with E-state index < -0.39 is 7.82 Å². The highest BCUT2D eigenvalue weighted by Gasteiger charge is 2.16. The molecular weight excluding hydrogens is 279 g/mol. The van der Waals surface area contributed by atoms with Crippen LogP contribution in [0.2, 0.25) is 0 Å². The van der Waals surface area contributed by atoms with Crippen LogP contribution in [0.4, 0.5) is 0 Å². The topological polar surface area (TPSA) is 55.8 Å². The third kappa shape index (κ3) is 14.5. The minimum Gasteiger partial charge on any atom is -0.342 e. The molecule has 0 rings (SSSR count). The monoisotopic (exact) mass is 310 g/mol. The van der Waals surface area contributed by atoms with Gasteiger partial charge in [-0.05, 0) is 6.42 Å². The van der Waals surface area contributed by atoms with Gasteiger partial charge in [0.2, 0.25) is 0 Å². The minimum absolute atomic E-state index is 0.230. The predicted octanol–water partition coefficient (Wildman–Crippen LogP) is 3.71. The fourth-order valence-electron chi connectivity index (χ4n) is 2.00. The Morgan fingerprint density at radius 2 is 1.32 bits per heavy atom. The largest absolute Gasteiger partial charge is 0.461 e. The Morgan fingerprint density at radius 1 is 0.895 bits per heavy atom. The summed E-state index contributed by atoms with van der Waals surface area (Å²) in [5.74, 6) is 0. The molecule has 0 aliphatic rings. The number of hydrogen-bond acceptors (Lipinski definition) is 3. The van der Waals surface area contributed by atoms with E-state index in [0.29, 0.717) is 6.61 Å². The number of rotatable bonds is 14. The fraction of sp³-hybridized carbons (Fsp3) is 1.00. The Morgan fingerprint density at radius 3 is 1.74 bits per heavy atom. The summed E-state index contributed by atoms with van der Waals surface area (Å²) in [4.78, 5) is 9.03. The van der Waals surface area contributed by atoms with Crippen LogP contribution in [0.5, 0.6) is 0 Å². The van der Waals surface area contributed by atoms with E-state index in [2.05, 4.69) is 11.1 Å². The van der Waals surface area contributed by atoms with Gasteiger partial charge in [-0.1, -0.05) is 71.1 Å². The highest BCUT2D eigenvalue weighted by atomic mass is 31.2. The summed E-state index contributed by atoms with van der Waals surface area (Å²) in [6.45, 7) is 2.57. The van der Waals surface area contributed by atoms with Gasteiger partial charge in [-0.3, -0.25) is 4.52 Å². The summed E-state index contributed by atoms with van der Waals surface area (Å²) in [5, 5.41) is 0. The normalized spacial score (nSPS) is 14.6. The van der Waals surface area contributed by atoms with Gasteiger partial charge in [-0.15, -0.1) is 0 Å². The van der Waals surface area contributed by atoms with Crippen molar-refractivity contribution in [2.24, 2.45) is 0 Å². The van der Waals surface area contributed by atoms with Crippen molar-refractivity contribution < 1.29 is 18.2 Å². The highest BCUT2D eigenvalue weighted by molar-refractivity contribution is 7.48. The Kier molecular flexibility index (Phi) is 13.5. The van der Waals surface area contributed by atoms with E-state index in [0.717, 1.165) is 12.8 Å². The van der Waals surface area contributed by atoms with Crippen LogP contribution in [0.15, 0.2) is 0 Å². The molecule has 0 saturated carbocycles. The molecule has 19 heavy (non-hydrogen) atoms. The molecule has 1 unspecified atom stereocenters. The predicted molar refractivity (Wildman–Crippen MR) is 83.3 cm³/mol. The fourth-order valence-corrected chi connectivity index (χ4v) is 2.78. The second-order valence-corrected chi connectivity index (χ2v) is 7.68. The van der Waals surface area contributed by atoms with Crippen molar-refractivity contribution >= 4 is 18.3 Å². The van der Waals surface area contributed by atoms with Crippen LogP contribution in [0.3, 0.4) is 0 Å². The van der Waals surface area contributed by atoms with Gasteiger partial charge in [0.25, 0.3) is 0 Å². The molecule has 0 aromatic rings. The molecule has 1 atom stereocenters. The molecule has 4 nitrogen and oxygen atoms in total. The van der Waals surface area contributed by atoms with Gasteiger partial charge in [0.1, 0.15) is 0 Å². The van der Waals surface area contributed by atoms with Crippen molar-refractivity contribution in [3.8, 4) is 0 Å². The first-order chi connectivity index (χ1) is 9.12. The molecule has 1 N–H and O–H groups in total. The summed E-state index contributed by atoms with van der Waals surface area (Å²) in [6, 6.07) is 0. The molecule has 6 heteroatoms. The van der Waals surface area contributed by atoms with Gasteiger partial charge >= 0.3 is 7.82 Å². The maximum Gasteiger partial charge on any atom is 0.461 e. The Bertz CT molecular complexity index is 239. The molecule has 0 amide bonds. The van der Waals surface area contributed by atoms with Gasteiger partial charge in [-0.2, -0.15) is 0 Å². The SMILES string of the molecule is CCCCCCCCCCCCCOP(=O)(O)O[SiH3]. The van der Waals surface area contributed by atoms with E-state index in [9.17, 15) is 4.57 Å². The van der Waals surface area contributed by atoms with Crippen molar-refractivity contribution in [3.05, 3.63) is 0 Å². The lowest BCUT2D eigenvalue weighted by Gasteiger charge is -2.09. The van der Waals surface area contributed by atoms with Crippen molar-refractivity contribution in [3.63, 3.8) is 0 Å². The lowest BCUT2D eigenvalue weighted by Crippen LogP contribution is -1.95. The van der Waals surface area contributed by atoms with Crippen LogP contribution in [-0.4, -0.2) is 22.0 Å². The molecule has 0 radical (unpaired) electrons. The van der Waals surface area contributed by atoms with E-state index in [-0.39, 0.29) is 10.5 Å². The third-order valence-electron chi connectivity index (χ3n) is 3.23. The van der Waals surface area contributed by atoms with E-state index in [1.54, 1.807) is 0 Å². The zero-order chi connectivity index (χ0) is 14.4. The van der Waals surface area contributed by atoms with Crippen LogP contribution >= 0.6 is 7.82 Å². The summed E-state index contributed by atoms with van der Waals surface area (Å²) in [5.41, 5.74) is 0. The average molecular weight is 310 g/mol. The van der Waals surface area contributed by atoms with Crippen LogP contribution in [-0.2, 0) is 13.3 Å². The molecule has 0 aliphatic heterocycles. The molecule has 0 spiro atoms. The van der Waals surface area contributed by atoms with Gasteiger partial charge in [-0.25, -0.2) is 4.57 Å². The molecule has 0 saturated heterocycles. The molecule has 0 aromatic heterocycles. The summed E-state index contributed by atoms with van der Waals surface area (Å²) < 4.78 is 20.3.